The highest BCUT2D eigenvalue weighted by molar-refractivity contribution is 6.30. The Bertz CT molecular complexity index is 651. The zero-order chi connectivity index (χ0) is 15.0. The van der Waals surface area contributed by atoms with E-state index in [-0.39, 0.29) is 17.4 Å². The van der Waals surface area contributed by atoms with Gasteiger partial charge in [-0.2, -0.15) is 5.10 Å². The van der Waals surface area contributed by atoms with Gasteiger partial charge in [0.2, 0.25) is 0 Å². The van der Waals surface area contributed by atoms with Crippen molar-refractivity contribution in [3.8, 4) is 5.75 Å². The van der Waals surface area contributed by atoms with Crippen LogP contribution in [0.1, 0.15) is 0 Å². The minimum atomic E-state index is -0.734. The van der Waals surface area contributed by atoms with Gasteiger partial charge < -0.3 is 14.7 Å². The van der Waals surface area contributed by atoms with Crippen LogP contribution in [-0.4, -0.2) is 45.2 Å². The molecule has 2 aromatic heterocycles. The van der Waals surface area contributed by atoms with Crippen molar-refractivity contribution in [2.45, 2.75) is 12.2 Å². The van der Waals surface area contributed by atoms with E-state index in [0.717, 1.165) is 0 Å². The Hall–Kier alpha value is -1.86. The van der Waals surface area contributed by atoms with E-state index in [1.165, 1.54) is 12.3 Å². The molecule has 0 aliphatic carbocycles. The van der Waals surface area contributed by atoms with E-state index < -0.39 is 18.0 Å². The van der Waals surface area contributed by atoms with Crippen LogP contribution in [-0.2, 0) is 7.05 Å². The Morgan fingerprint density at radius 1 is 1.43 bits per heavy atom. The van der Waals surface area contributed by atoms with Crippen LogP contribution in [0, 0.1) is 5.82 Å². The van der Waals surface area contributed by atoms with Gasteiger partial charge in [-0.15, -0.1) is 0 Å². The van der Waals surface area contributed by atoms with Gasteiger partial charge in [0, 0.05) is 19.8 Å². The molecule has 3 rings (SSSR count). The molecule has 3 heterocycles. The van der Waals surface area contributed by atoms with Crippen LogP contribution in [0.3, 0.4) is 0 Å². The highest BCUT2D eigenvalue weighted by Gasteiger charge is 2.35. The molecule has 1 aliphatic rings. The number of β-amino-alcohol motifs (C(OH)–C–C–N with tert-alkyl or cyclic N) is 1. The summed E-state index contributed by atoms with van der Waals surface area (Å²) in [6.45, 7) is 0.581. The van der Waals surface area contributed by atoms with Crippen molar-refractivity contribution in [1.82, 2.24) is 14.8 Å². The van der Waals surface area contributed by atoms with Crippen molar-refractivity contribution in [2.24, 2.45) is 7.05 Å². The molecular weight excluding hydrogens is 299 g/mol. The van der Waals surface area contributed by atoms with Crippen molar-refractivity contribution in [3.05, 3.63) is 35.5 Å². The lowest BCUT2D eigenvalue weighted by Gasteiger charge is -2.17. The second-order valence-corrected chi connectivity index (χ2v) is 5.37. The first-order valence-corrected chi connectivity index (χ1v) is 6.80. The summed E-state index contributed by atoms with van der Waals surface area (Å²) in [6.07, 6.45) is 3.45. The molecule has 2 aromatic rings. The van der Waals surface area contributed by atoms with Crippen LogP contribution < -0.4 is 9.64 Å². The molecule has 0 saturated carbocycles. The Balaban J connectivity index is 1.73. The van der Waals surface area contributed by atoms with Crippen LogP contribution in [0.2, 0.25) is 5.02 Å². The molecule has 112 valence electrons. The lowest BCUT2D eigenvalue weighted by atomic mass is 10.3. The first-order chi connectivity index (χ1) is 10.0. The molecule has 21 heavy (non-hydrogen) atoms. The summed E-state index contributed by atoms with van der Waals surface area (Å²) in [5.74, 6) is 0.209. The summed E-state index contributed by atoms with van der Waals surface area (Å²) in [4.78, 5) is 5.61. The van der Waals surface area contributed by atoms with Gasteiger partial charge in [-0.1, -0.05) is 11.6 Å². The summed E-state index contributed by atoms with van der Waals surface area (Å²) in [6, 6.07) is 1.20. The third-order valence-electron chi connectivity index (χ3n) is 3.29. The Kier molecular flexibility index (Phi) is 3.69. The fourth-order valence-electron chi connectivity index (χ4n) is 2.32. The first-order valence-electron chi connectivity index (χ1n) is 6.42. The number of hydrogen-bond donors (Lipinski definition) is 1. The minimum absolute atomic E-state index is 0.163. The number of anilines is 1. The van der Waals surface area contributed by atoms with E-state index in [1.807, 2.05) is 0 Å². The summed E-state index contributed by atoms with van der Waals surface area (Å²) in [7, 11) is 1.78. The number of hydrogen-bond acceptors (Lipinski definition) is 5. The van der Waals surface area contributed by atoms with Crippen molar-refractivity contribution in [3.63, 3.8) is 0 Å². The van der Waals surface area contributed by atoms with Crippen molar-refractivity contribution in [1.29, 1.82) is 0 Å². The van der Waals surface area contributed by atoms with Crippen LogP contribution in [0.5, 0.6) is 5.75 Å². The number of aryl methyl sites for hydroxylation is 1. The van der Waals surface area contributed by atoms with E-state index in [1.54, 1.807) is 29.0 Å². The van der Waals surface area contributed by atoms with Gasteiger partial charge in [0.25, 0.3) is 0 Å². The molecule has 1 N–H and O–H groups in total. The minimum Gasteiger partial charge on any atom is -0.482 e. The molecule has 0 radical (unpaired) electrons. The molecule has 0 bridgehead atoms. The molecule has 1 aliphatic heterocycles. The predicted octanol–water partition coefficient (Wildman–Crippen LogP) is 1.24. The molecule has 6 nitrogen and oxygen atoms in total. The number of rotatable bonds is 3. The van der Waals surface area contributed by atoms with Gasteiger partial charge in [0.15, 0.2) is 17.4 Å². The maximum absolute atomic E-state index is 13.9. The quantitative estimate of drug-likeness (QED) is 0.924. The molecule has 1 fully saturated rings. The van der Waals surface area contributed by atoms with Gasteiger partial charge in [0.05, 0.1) is 24.0 Å². The maximum Gasteiger partial charge on any atom is 0.167 e. The van der Waals surface area contributed by atoms with E-state index in [4.69, 9.17) is 16.3 Å². The summed E-state index contributed by atoms with van der Waals surface area (Å²) in [5.41, 5.74) is 0. The standard InChI is InChI=1S/C13H14ClFN4O2/c1-18-5-9(4-17-18)21-12-7-19(6-11(12)20)13-10(15)2-8(14)3-16-13/h2-5,11-12,20H,6-7H2,1H3/t11-,12-/m1/s1. The van der Waals surface area contributed by atoms with E-state index >= 15 is 0 Å². The average Bonchev–Trinajstić information content (AvgIpc) is 2.97. The number of ether oxygens (including phenoxy) is 1. The number of aliphatic hydroxyl groups excluding tert-OH is 1. The van der Waals surface area contributed by atoms with Crippen LogP contribution in [0.4, 0.5) is 10.2 Å². The third kappa shape index (κ3) is 2.93. The topological polar surface area (TPSA) is 63.4 Å². The van der Waals surface area contributed by atoms with E-state index in [9.17, 15) is 9.50 Å². The van der Waals surface area contributed by atoms with Crippen molar-refractivity contribution >= 4 is 17.4 Å². The largest absolute Gasteiger partial charge is 0.482 e. The van der Waals surface area contributed by atoms with Gasteiger partial charge in [0.1, 0.15) is 12.2 Å². The molecule has 1 saturated heterocycles. The fourth-order valence-corrected chi connectivity index (χ4v) is 2.46. The van der Waals surface area contributed by atoms with Crippen LogP contribution in [0.15, 0.2) is 24.7 Å². The smallest absolute Gasteiger partial charge is 0.167 e. The molecule has 0 aromatic carbocycles. The van der Waals surface area contributed by atoms with E-state index in [2.05, 4.69) is 10.1 Å². The molecule has 0 spiro atoms. The van der Waals surface area contributed by atoms with Gasteiger partial charge in [-0.05, 0) is 6.07 Å². The van der Waals surface area contributed by atoms with Crippen LogP contribution >= 0.6 is 11.6 Å². The third-order valence-corrected chi connectivity index (χ3v) is 3.50. The maximum atomic E-state index is 13.9. The molecule has 8 heteroatoms. The average molecular weight is 313 g/mol. The number of pyridine rings is 1. The normalized spacial score (nSPS) is 21.8. The second kappa shape index (κ2) is 5.50. The predicted molar refractivity (Wildman–Crippen MR) is 75.0 cm³/mol. The summed E-state index contributed by atoms with van der Waals surface area (Å²) in [5, 5.41) is 14.3. The summed E-state index contributed by atoms with van der Waals surface area (Å²) >= 11 is 5.69. The van der Waals surface area contributed by atoms with Crippen molar-refractivity contribution < 1.29 is 14.2 Å². The zero-order valence-corrected chi connectivity index (χ0v) is 12.0. The highest BCUT2D eigenvalue weighted by Crippen LogP contribution is 2.25. The number of aromatic nitrogens is 3. The summed E-state index contributed by atoms with van der Waals surface area (Å²) < 4.78 is 21.1. The highest BCUT2D eigenvalue weighted by atomic mass is 35.5. The van der Waals surface area contributed by atoms with Gasteiger partial charge >= 0.3 is 0 Å². The van der Waals surface area contributed by atoms with Crippen molar-refractivity contribution in [2.75, 3.05) is 18.0 Å². The number of aliphatic hydroxyl groups is 1. The number of halogens is 2. The fraction of sp³-hybridized carbons (Fsp3) is 0.385. The van der Waals surface area contributed by atoms with E-state index in [0.29, 0.717) is 12.3 Å². The van der Waals surface area contributed by atoms with Crippen LogP contribution in [0.25, 0.3) is 0 Å². The lowest BCUT2D eigenvalue weighted by molar-refractivity contribution is 0.0737. The molecular formula is C13H14ClFN4O2. The Morgan fingerprint density at radius 3 is 2.90 bits per heavy atom. The first kappa shape index (κ1) is 14.1. The number of nitrogens with zero attached hydrogens (tertiary/aromatic N) is 4. The molecule has 0 unspecified atom stereocenters. The van der Waals surface area contributed by atoms with Gasteiger partial charge in [-0.3, -0.25) is 4.68 Å². The van der Waals surface area contributed by atoms with Gasteiger partial charge in [-0.25, -0.2) is 9.37 Å². The second-order valence-electron chi connectivity index (χ2n) is 4.94. The lowest BCUT2D eigenvalue weighted by Crippen LogP contribution is -2.29. The monoisotopic (exact) mass is 312 g/mol. The SMILES string of the molecule is Cn1cc(O[C@@H]2CN(c3ncc(Cl)cc3F)C[C@H]2O)cn1. The zero-order valence-electron chi connectivity index (χ0n) is 11.3. The Morgan fingerprint density at radius 2 is 2.24 bits per heavy atom. The Labute approximate surface area is 125 Å². The molecule has 0 amide bonds. The molecule has 2 atom stereocenters.